The summed E-state index contributed by atoms with van der Waals surface area (Å²) in [6, 6.07) is 4.71. The zero-order valence-corrected chi connectivity index (χ0v) is 15.6. The second kappa shape index (κ2) is 5.63. The van der Waals surface area contributed by atoms with E-state index in [0.717, 1.165) is 6.42 Å². The highest BCUT2D eigenvalue weighted by molar-refractivity contribution is 7.92. The van der Waals surface area contributed by atoms with Gasteiger partial charge in [0.05, 0.1) is 29.0 Å². The number of benzene rings is 1. The number of sulfonamides is 1. The lowest BCUT2D eigenvalue weighted by atomic mass is 9.70. The summed E-state index contributed by atoms with van der Waals surface area (Å²) in [5.41, 5.74) is -0.689. The lowest BCUT2D eigenvalue weighted by molar-refractivity contribution is -0.128. The largest absolute Gasteiger partial charge is 0.495 e. The minimum absolute atomic E-state index is 0.0851. The molecule has 0 radical (unpaired) electrons. The summed E-state index contributed by atoms with van der Waals surface area (Å²) in [4.78, 5) is 12.5. The molecule has 2 bridgehead atoms. The monoisotopic (exact) mass is 371 g/mol. The van der Waals surface area contributed by atoms with Gasteiger partial charge in [-0.15, -0.1) is 0 Å². The maximum absolute atomic E-state index is 12.7. The first-order valence-corrected chi connectivity index (χ1v) is 10.0. The fraction of sp³-hybridized carbons (Fsp3) is 0.588. The van der Waals surface area contributed by atoms with Gasteiger partial charge in [0.15, 0.2) is 0 Å². The van der Waals surface area contributed by atoms with Crippen LogP contribution in [-0.2, 0) is 14.8 Å². The number of carbonyl (C=O) groups is 1. The molecule has 0 saturated heterocycles. The molecule has 1 aromatic rings. The molecule has 2 unspecified atom stereocenters. The molecule has 5 nitrogen and oxygen atoms in total. The van der Waals surface area contributed by atoms with Crippen LogP contribution in [0.25, 0.3) is 0 Å². The number of halogens is 1. The lowest BCUT2D eigenvalue weighted by Crippen LogP contribution is -2.43. The number of hydrogen-bond acceptors (Lipinski definition) is 4. The smallest absolute Gasteiger partial charge is 0.233 e. The molecule has 2 aliphatic rings. The van der Waals surface area contributed by atoms with E-state index in [1.807, 2.05) is 13.8 Å². The molecule has 0 aliphatic heterocycles. The van der Waals surface area contributed by atoms with Gasteiger partial charge in [0, 0.05) is 6.42 Å². The Balaban J connectivity index is 1.84. The molecule has 1 aromatic carbocycles. The van der Waals surface area contributed by atoms with Crippen molar-refractivity contribution in [2.75, 3.05) is 17.6 Å². The van der Waals surface area contributed by atoms with Crippen LogP contribution in [0.15, 0.2) is 18.2 Å². The zero-order valence-electron chi connectivity index (χ0n) is 14.1. The van der Waals surface area contributed by atoms with Crippen LogP contribution in [0, 0.1) is 16.7 Å². The number of Topliss-reactive ketones (excluding diaryl/α,β-unsaturated/α-hetero) is 1. The number of nitrogens with one attached hydrogen (secondary N) is 1. The minimum Gasteiger partial charge on any atom is -0.495 e. The molecule has 2 fully saturated rings. The van der Waals surface area contributed by atoms with Gasteiger partial charge >= 0.3 is 0 Å². The first-order chi connectivity index (χ1) is 11.1. The number of anilines is 1. The summed E-state index contributed by atoms with van der Waals surface area (Å²) in [6.45, 7) is 4.05. The second-order valence-electron chi connectivity index (χ2n) is 7.38. The minimum atomic E-state index is -3.67. The fourth-order valence-electron chi connectivity index (χ4n) is 4.38. The highest BCUT2D eigenvalue weighted by atomic mass is 35.5. The lowest BCUT2D eigenvalue weighted by Gasteiger charge is -2.36. The van der Waals surface area contributed by atoms with Gasteiger partial charge in [-0.3, -0.25) is 9.52 Å². The Kier molecular flexibility index (Phi) is 4.12. The summed E-state index contributed by atoms with van der Waals surface area (Å²) in [6.07, 6.45) is 2.06. The molecule has 2 aliphatic carbocycles. The Morgan fingerprint density at radius 2 is 2.08 bits per heavy atom. The van der Waals surface area contributed by atoms with Crippen molar-refractivity contribution in [3.05, 3.63) is 23.2 Å². The first kappa shape index (κ1) is 17.5. The van der Waals surface area contributed by atoms with Gasteiger partial charge in [-0.1, -0.05) is 25.4 Å². The summed E-state index contributed by atoms with van der Waals surface area (Å²) in [5.74, 6) is 0.674. The third-order valence-corrected chi connectivity index (χ3v) is 7.72. The maximum Gasteiger partial charge on any atom is 0.233 e. The topological polar surface area (TPSA) is 72.5 Å². The van der Waals surface area contributed by atoms with Crippen molar-refractivity contribution >= 4 is 33.1 Å². The molecule has 2 atom stereocenters. The number of methoxy groups -OCH3 is 1. The van der Waals surface area contributed by atoms with Crippen molar-refractivity contribution in [1.29, 1.82) is 0 Å². The van der Waals surface area contributed by atoms with Crippen molar-refractivity contribution in [1.82, 2.24) is 0 Å². The number of ketones is 1. The summed E-state index contributed by atoms with van der Waals surface area (Å²) >= 11 is 6.04. The van der Waals surface area contributed by atoms with Crippen molar-refractivity contribution in [2.24, 2.45) is 16.7 Å². The van der Waals surface area contributed by atoms with Gasteiger partial charge in [-0.2, -0.15) is 0 Å². The summed E-state index contributed by atoms with van der Waals surface area (Å²) in [5, 5.41) is 0.328. The fourth-order valence-corrected chi connectivity index (χ4v) is 6.52. The first-order valence-electron chi connectivity index (χ1n) is 7.99. The van der Waals surface area contributed by atoms with Gasteiger partial charge in [-0.05, 0) is 42.4 Å². The van der Waals surface area contributed by atoms with E-state index < -0.39 is 15.4 Å². The predicted octanol–water partition coefficient (Wildman–Crippen LogP) is 3.49. The van der Waals surface area contributed by atoms with Crippen molar-refractivity contribution in [3.63, 3.8) is 0 Å². The van der Waals surface area contributed by atoms with Crippen LogP contribution < -0.4 is 9.46 Å². The molecule has 2 saturated carbocycles. The molecular weight excluding hydrogens is 350 g/mol. The summed E-state index contributed by atoms with van der Waals surface area (Å²) < 4.78 is 33.0. The molecule has 0 spiro atoms. The summed E-state index contributed by atoms with van der Waals surface area (Å²) in [7, 11) is -2.18. The highest BCUT2D eigenvalue weighted by Gasteiger charge is 2.65. The van der Waals surface area contributed by atoms with Crippen LogP contribution in [0.3, 0.4) is 0 Å². The molecule has 1 N–H and O–H groups in total. The predicted molar refractivity (Wildman–Crippen MR) is 94.0 cm³/mol. The Morgan fingerprint density at radius 1 is 1.38 bits per heavy atom. The van der Waals surface area contributed by atoms with E-state index in [0.29, 0.717) is 29.3 Å². The van der Waals surface area contributed by atoms with Gasteiger partial charge in [0.1, 0.15) is 11.5 Å². The number of fused-ring (bicyclic) bond motifs is 2. The highest BCUT2D eigenvalue weighted by Crippen LogP contribution is 2.64. The third-order valence-electron chi connectivity index (χ3n) is 6.00. The van der Waals surface area contributed by atoms with Crippen LogP contribution in [-0.4, -0.2) is 27.1 Å². The van der Waals surface area contributed by atoms with Gasteiger partial charge in [0.2, 0.25) is 10.0 Å². The SMILES string of the molecule is COc1ccc(NS(=O)(=O)CC23CCC(CC2=O)C3(C)C)cc1Cl. The van der Waals surface area contributed by atoms with Gasteiger partial charge in [0.25, 0.3) is 0 Å². The van der Waals surface area contributed by atoms with E-state index in [1.54, 1.807) is 12.1 Å². The molecule has 24 heavy (non-hydrogen) atoms. The standard InChI is InChI=1S/C17H22ClNO4S/c1-16(2)11-6-7-17(16,15(20)8-11)10-24(21,22)19-12-4-5-14(23-3)13(18)9-12/h4-5,9,11,19H,6-8,10H2,1-3H3. The zero-order chi connectivity index (χ0) is 17.8. The van der Waals surface area contributed by atoms with Crippen molar-refractivity contribution in [2.45, 2.75) is 33.1 Å². The molecule has 3 rings (SSSR count). The number of rotatable bonds is 5. The Labute approximate surface area is 147 Å². The number of hydrogen-bond donors (Lipinski definition) is 1. The van der Waals surface area contributed by atoms with E-state index in [-0.39, 0.29) is 22.9 Å². The molecule has 7 heteroatoms. The van der Waals surface area contributed by atoms with Gasteiger partial charge < -0.3 is 4.74 Å². The molecule has 0 amide bonds. The number of ether oxygens (including phenoxy) is 1. The Bertz CT molecular complexity index is 790. The molecule has 0 aromatic heterocycles. The van der Waals surface area contributed by atoms with Gasteiger partial charge in [-0.25, -0.2) is 8.42 Å². The van der Waals surface area contributed by atoms with Crippen molar-refractivity contribution in [3.8, 4) is 5.75 Å². The second-order valence-corrected chi connectivity index (χ2v) is 9.51. The van der Waals surface area contributed by atoms with E-state index in [2.05, 4.69) is 4.72 Å². The third kappa shape index (κ3) is 2.60. The van der Waals surface area contributed by atoms with Crippen LogP contribution in [0.2, 0.25) is 5.02 Å². The van der Waals surface area contributed by atoms with Crippen molar-refractivity contribution < 1.29 is 17.9 Å². The maximum atomic E-state index is 12.7. The molecular formula is C17H22ClNO4S. The number of carbonyl (C=O) groups excluding carboxylic acids is 1. The van der Waals surface area contributed by atoms with Crippen LogP contribution in [0.4, 0.5) is 5.69 Å². The van der Waals surface area contributed by atoms with E-state index in [9.17, 15) is 13.2 Å². The molecule has 0 heterocycles. The van der Waals surface area contributed by atoms with E-state index >= 15 is 0 Å². The molecule has 132 valence electrons. The normalized spacial score (nSPS) is 28.2. The van der Waals surface area contributed by atoms with Crippen LogP contribution in [0.1, 0.15) is 33.1 Å². The quantitative estimate of drug-likeness (QED) is 0.859. The average molecular weight is 372 g/mol. The Morgan fingerprint density at radius 3 is 2.58 bits per heavy atom. The van der Waals surface area contributed by atoms with E-state index in [4.69, 9.17) is 16.3 Å². The average Bonchev–Trinajstić information content (AvgIpc) is 2.80. The van der Waals surface area contributed by atoms with Crippen LogP contribution in [0.5, 0.6) is 5.75 Å². The van der Waals surface area contributed by atoms with Crippen LogP contribution >= 0.6 is 11.6 Å². The van der Waals surface area contributed by atoms with E-state index in [1.165, 1.54) is 13.2 Å². The Hall–Kier alpha value is -1.27.